The van der Waals surface area contributed by atoms with Crippen molar-refractivity contribution in [2.24, 2.45) is 0 Å². The minimum absolute atomic E-state index is 0.897. The quantitative estimate of drug-likeness (QED) is 0.497. The lowest BCUT2D eigenvalue weighted by atomic mass is 10.8. The van der Waals surface area contributed by atoms with E-state index in [1.54, 1.807) is 0 Å². The zero-order valence-electron chi connectivity index (χ0n) is 3.97. The standard InChI is InChI=1S/C2H3Cl2FO3S/c3-2(4,5)1-8-9(6)7/h1H2,(H,6,7)/p-1. The second-order valence-electron chi connectivity index (χ2n) is 1.08. The zero-order chi connectivity index (χ0) is 7.49. The van der Waals surface area contributed by atoms with Crippen LogP contribution in [0.15, 0.2) is 0 Å². The molecule has 0 aromatic rings. The molecule has 0 saturated heterocycles. The van der Waals surface area contributed by atoms with E-state index in [-0.39, 0.29) is 0 Å². The molecule has 1 unspecified atom stereocenters. The van der Waals surface area contributed by atoms with Gasteiger partial charge >= 0.3 is 0 Å². The van der Waals surface area contributed by atoms with E-state index in [0.717, 1.165) is 0 Å². The molecule has 0 amide bonds. The van der Waals surface area contributed by atoms with E-state index in [0.29, 0.717) is 0 Å². The van der Waals surface area contributed by atoms with Gasteiger partial charge in [-0.25, -0.2) is 8.60 Å². The lowest BCUT2D eigenvalue weighted by molar-refractivity contribution is 0.221. The van der Waals surface area contributed by atoms with Crippen LogP contribution in [0, 0.1) is 0 Å². The molecule has 0 N–H and O–H groups in total. The van der Waals surface area contributed by atoms with Crippen LogP contribution in [0.25, 0.3) is 0 Å². The van der Waals surface area contributed by atoms with E-state index >= 15 is 0 Å². The lowest BCUT2D eigenvalue weighted by Gasteiger charge is -2.09. The molecule has 0 rings (SSSR count). The number of hydrogen-bond acceptors (Lipinski definition) is 3. The fraction of sp³-hybridized carbons (Fsp3) is 1.00. The fourth-order valence-electron chi connectivity index (χ4n) is 0.115. The lowest BCUT2D eigenvalue weighted by Crippen LogP contribution is -2.14. The molecule has 0 bridgehead atoms. The van der Waals surface area contributed by atoms with Crippen molar-refractivity contribution in [3.63, 3.8) is 0 Å². The van der Waals surface area contributed by atoms with Crippen molar-refractivity contribution < 1.29 is 17.3 Å². The maximum absolute atomic E-state index is 11.9. The van der Waals surface area contributed by atoms with Gasteiger partial charge in [-0.1, -0.05) is 23.2 Å². The molecule has 0 aliphatic carbocycles. The second-order valence-corrected chi connectivity index (χ2v) is 3.12. The normalized spacial score (nSPS) is 15.6. The molecule has 0 fully saturated rings. The fourth-order valence-corrected chi connectivity index (χ4v) is 0.612. The van der Waals surface area contributed by atoms with Crippen LogP contribution in [0.4, 0.5) is 4.39 Å². The zero-order valence-corrected chi connectivity index (χ0v) is 6.30. The molecule has 0 spiro atoms. The largest absolute Gasteiger partial charge is 0.750 e. The Kier molecular flexibility index (Phi) is 3.91. The van der Waals surface area contributed by atoms with E-state index in [9.17, 15) is 13.2 Å². The Hall–Kier alpha value is 0.580. The minimum atomic E-state index is -2.77. The Morgan fingerprint density at radius 3 is 2.33 bits per heavy atom. The maximum atomic E-state index is 11.9. The third kappa shape index (κ3) is 8.58. The SMILES string of the molecule is O=S([O-])OCC(F)(Cl)Cl. The van der Waals surface area contributed by atoms with Crippen LogP contribution < -0.4 is 0 Å². The summed E-state index contributed by atoms with van der Waals surface area (Å²) in [5.41, 5.74) is 0. The van der Waals surface area contributed by atoms with Crippen molar-refractivity contribution in [1.29, 1.82) is 0 Å². The highest BCUT2D eigenvalue weighted by atomic mass is 35.5. The van der Waals surface area contributed by atoms with Gasteiger partial charge in [0.2, 0.25) is 0 Å². The van der Waals surface area contributed by atoms with Crippen molar-refractivity contribution in [3.05, 3.63) is 0 Å². The van der Waals surface area contributed by atoms with Crippen molar-refractivity contribution in [1.82, 2.24) is 0 Å². The predicted octanol–water partition coefficient (Wildman–Crippen LogP) is 0.898. The summed E-state index contributed by atoms with van der Waals surface area (Å²) in [6.07, 6.45) is 0. The minimum Gasteiger partial charge on any atom is -0.750 e. The van der Waals surface area contributed by atoms with Crippen LogP contribution in [0.5, 0.6) is 0 Å². The van der Waals surface area contributed by atoms with Gasteiger partial charge in [-0.05, 0) is 0 Å². The van der Waals surface area contributed by atoms with E-state index in [1.165, 1.54) is 0 Å². The number of alkyl halides is 3. The summed E-state index contributed by atoms with van der Waals surface area (Å²) in [4.78, 5) is 0. The first-order valence-corrected chi connectivity index (χ1v) is 3.47. The van der Waals surface area contributed by atoms with Gasteiger partial charge in [0.1, 0.15) is 6.61 Å². The number of halogens is 3. The van der Waals surface area contributed by atoms with E-state index in [1.807, 2.05) is 0 Å². The average molecular weight is 196 g/mol. The summed E-state index contributed by atoms with van der Waals surface area (Å²) in [7, 11) is 0. The second kappa shape index (κ2) is 3.68. The van der Waals surface area contributed by atoms with Crippen LogP contribution in [-0.2, 0) is 15.5 Å². The van der Waals surface area contributed by atoms with Crippen molar-refractivity contribution in [2.75, 3.05) is 6.61 Å². The van der Waals surface area contributed by atoms with Gasteiger partial charge in [-0.2, -0.15) is 0 Å². The highest BCUT2D eigenvalue weighted by Crippen LogP contribution is 2.22. The van der Waals surface area contributed by atoms with Gasteiger partial charge in [0.15, 0.2) is 0 Å². The molecule has 3 nitrogen and oxygen atoms in total. The molecule has 56 valence electrons. The van der Waals surface area contributed by atoms with Crippen LogP contribution in [-0.4, -0.2) is 20.0 Å². The van der Waals surface area contributed by atoms with Crippen molar-refractivity contribution in [2.45, 2.75) is 4.59 Å². The average Bonchev–Trinajstić information content (AvgIpc) is 1.59. The van der Waals surface area contributed by atoms with Gasteiger partial charge in [-0.15, -0.1) is 0 Å². The van der Waals surface area contributed by atoms with E-state index in [4.69, 9.17) is 0 Å². The summed E-state index contributed by atoms with van der Waals surface area (Å²) in [5.74, 6) is 0. The summed E-state index contributed by atoms with van der Waals surface area (Å²) < 4.78 is 32.0. The first-order valence-electron chi connectivity index (χ1n) is 1.71. The smallest absolute Gasteiger partial charge is 0.281 e. The van der Waals surface area contributed by atoms with Gasteiger partial charge in [0, 0.05) is 0 Å². The Morgan fingerprint density at radius 2 is 2.22 bits per heavy atom. The van der Waals surface area contributed by atoms with Gasteiger partial charge < -0.3 is 4.55 Å². The highest BCUT2D eigenvalue weighted by molar-refractivity contribution is 7.74. The highest BCUT2D eigenvalue weighted by Gasteiger charge is 2.22. The van der Waals surface area contributed by atoms with Crippen molar-refractivity contribution >= 4 is 34.6 Å². The Morgan fingerprint density at radius 1 is 1.78 bits per heavy atom. The number of hydrogen-bond donors (Lipinski definition) is 0. The third-order valence-corrected chi connectivity index (χ3v) is 0.847. The molecule has 7 heteroatoms. The number of rotatable bonds is 3. The molecule has 9 heavy (non-hydrogen) atoms. The third-order valence-electron chi connectivity index (χ3n) is 0.319. The first kappa shape index (κ1) is 9.58. The summed E-state index contributed by atoms with van der Waals surface area (Å²) >= 11 is 6.58. The molecule has 0 radical (unpaired) electrons. The molecule has 0 aliphatic heterocycles. The predicted molar refractivity (Wildman–Crippen MR) is 30.4 cm³/mol. The monoisotopic (exact) mass is 195 g/mol. The molecular formula is C2H2Cl2FO3S-. The van der Waals surface area contributed by atoms with E-state index in [2.05, 4.69) is 27.4 Å². The van der Waals surface area contributed by atoms with E-state index < -0.39 is 22.6 Å². The summed E-state index contributed by atoms with van der Waals surface area (Å²) in [6.45, 7) is -0.897. The van der Waals surface area contributed by atoms with Crippen LogP contribution >= 0.6 is 23.2 Å². The molecule has 0 aromatic carbocycles. The summed E-state index contributed by atoms with van der Waals surface area (Å²) in [5, 5.41) is 0. The van der Waals surface area contributed by atoms with Crippen molar-refractivity contribution in [3.8, 4) is 0 Å². The maximum Gasteiger partial charge on any atom is 0.281 e. The van der Waals surface area contributed by atoms with Crippen LogP contribution in [0.1, 0.15) is 0 Å². The Balaban J connectivity index is 3.39. The van der Waals surface area contributed by atoms with Gasteiger partial charge in [-0.3, -0.25) is 4.18 Å². The molecule has 0 aromatic heterocycles. The topological polar surface area (TPSA) is 49.4 Å². The van der Waals surface area contributed by atoms with Gasteiger partial charge in [0.05, 0.1) is 11.4 Å². The summed E-state index contributed by atoms with van der Waals surface area (Å²) in [6, 6.07) is 0. The molecule has 0 heterocycles. The Labute approximate surface area is 63.6 Å². The molecular weight excluding hydrogens is 194 g/mol. The molecule has 0 saturated carbocycles. The van der Waals surface area contributed by atoms with Crippen LogP contribution in [0.2, 0.25) is 0 Å². The first-order chi connectivity index (χ1) is 3.92. The van der Waals surface area contributed by atoms with Crippen LogP contribution in [0.3, 0.4) is 0 Å². The molecule has 1 atom stereocenters. The molecule has 0 aliphatic rings. The Bertz CT molecular complexity index is 113. The van der Waals surface area contributed by atoms with Gasteiger partial charge in [0.25, 0.3) is 4.59 Å².